The van der Waals surface area contributed by atoms with Gasteiger partial charge in [-0.2, -0.15) is 0 Å². The van der Waals surface area contributed by atoms with Crippen LogP contribution in [0.2, 0.25) is 5.02 Å². The largest absolute Gasteiger partial charge is 0.349 e. The summed E-state index contributed by atoms with van der Waals surface area (Å²) in [5.41, 5.74) is 0.940. The maximum absolute atomic E-state index is 13.1. The molecular weight excluding hydrogens is 328 g/mol. The molecule has 2 rings (SSSR count). The quantitative estimate of drug-likeness (QED) is 0.806. The summed E-state index contributed by atoms with van der Waals surface area (Å²) in [6.07, 6.45) is 0. The second kappa shape index (κ2) is 7.61. The number of carbonyl (C=O) groups excluding carboxylic acids is 1. The first-order valence-electron chi connectivity index (χ1n) is 6.58. The van der Waals surface area contributed by atoms with Gasteiger partial charge in [0.15, 0.2) is 11.6 Å². The zero-order valence-corrected chi connectivity index (χ0v) is 13.3. The first-order chi connectivity index (χ1) is 10.5. The fourth-order valence-corrected chi connectivity index (χ4v) is 2.69. The lowest BCUT2D eigenvalue weighted by atomic mass is 10.1. The van der Waals surface area contributed by atoms with Gasteiger partial charge in [0.1, 0.15) is 0 Å². The Kier molecular flexibility index (Phi) is 5.80. The highest BCUT2D eigenvalue weighted by Gasteiger charge is 2.10. The van der Waals surface area contributed by atoms with E-state index in [0.717, 1.165) is 29.5 Å². The highest BCUT2D eigenvalue weighted by atomic mass is 35.5. The van der Waals surface area contributed by atoms with Gasteiger partial charge >= 0.3 is 0 Å². The molecule has 1 N–H and O–H groups in total. The summed E-state index contributed by atoms with van der Waals surface area (Å²) in [5.74, 6) is -1.87. The van der Waals surface area contributed by atoms with E-state index in [0.29, 0.717) is 9.92 Å². The molecule has 0 aliphatic carbocycles. The fourth-order valence-electron chi connectivity index (χ4n) is 1.83. The van der Waals surface area contributed by atoms with Gasteiger partial charge in [0.2, 0.25) is 5.91 Å². The molecule has 0 aliphatic heterocycles. The van der Waals surface area contributed by atoms with Crippen LogP contribution in [0.3, 0.4) is 0 Å². The highest BCUT2D eigenvalue weighted by molar-refractivity contribution is 8.00. The van der Waals surface area contributed by atoms with Crippen molar-refractivity contribution in [3.8, 4) is 0 Å². The average Bonchev–Trinajstić information content (AvgIpc) is 2.49. The van der Waals surface area contributed by atoms with E-state index in [9.17, 15) is 13.6 Å². The van der Waals surface area contributed by atoms with Crippen molar-refractivity contribution >= 4 is 29.3 Å². The lowest BCUT2D eigenvalue weighted by Crippen LogP contribution is -2.28. The summed E-state index contributed by atoms with van der Waals surface area (Å²) in [6.45, 7) is 1.86. The summed E-state index contributed by atoms with van der Waals surface area (Å²) >= 11 is 6.97. The molecule has 0 saturated heterocycles. The molecule has 0 aromatic heterocycles. The lowest BCUT2D eigenvalue weighted by Gasteiger charge is -2.14. The van der Waals surface area contributed by atoms with Crippen molar-refractivity contribution < 1.29 is 13.6 Å². The Bertz CT molecular complexity index is 664. The van der Waals surface area contributed by atoms with Gasteiger partial charge in [-0.15, -0.1) is 11.8 Å². The number of rotatable bonds is 5. The Hall–Kier alpha value is -1.59. The van der Waals surface area contributed by atoms with Crippen molar-refractivity contribution in [1.82, 2.24) is 5.32 Å². The average molecular weight is 342 g/mol. The normalized spacial score (nSPS) is 12.0. The first kappa shape index (κ1) is 16.8. The highest BCUT2D eigenvalue weighted by Crippen LogP contribution is 2.21. The van der Waals surface area contributed by atoms with Gasteiger partial charge in [-0.05, 0) is 42.8 Å². The van der Waals surface area contributed by atoms with E-state index in [1.165, 1.54) is 6.07 Å². The summed E-state index contributed by atoms with van der Waals surface area (Å²) in [4.78, 5) is 12.4. The zero-order chi connectivity index (χ0) is 16.1. The maximum atomic E-state index is 13.1. The molecule has 2 nitrogen and oxygen atoms in total. The van der Waals surface area contributed by atoms with Gasteiger partial charge in [0.25, 0.3) is 0 Å². The zero-order valence-electron chi connectivity index (χ0n) is 11.8. The standard InChI is InChI=1S/C16H14ClF2NOS/c1-10(11-2-4-12(17)5-3-11)20-16(21)9-22-13-6-7-14(18)15(19)8-13/h2-8,10H,9H2,1H3,(H,20,21)/t10-/m0/s1. The molecule has 0 unspecified atom stereocenters. The topological polar surface area (TPSA) is 29.1 Å². The minimum absolute atomic E-state index is 0.128. The summed E-state index contributed by atoms with van der Waals surface area (Å²) < 4.78 is 25.9. The Morgan fingerprint density at radius 3 is 2.50 bits per heavy atom. The summed E-state index contributed by atoms with van der Waals surface area (Å²) in [7, 11) is 0. The molecule has 116 valence electrons. The third-order valence-electron chi connectivity index (χ3n) is 3.01. The number of amides is 1. The predicted octanol–water partition coefficient (Wildman–Crippen LogP) is 4.59. The van der Waals surface area contributed by atoms with Crippen molar-refractivity contribution in [2.24, 2.45) is 0 Å². The lowest BCUT2D eigenvalue weighted by molar-refractivity contribution is -0.119. The van der Waals surface area contributed by atoms with E-state index in [4.69, 9.17) is 11.6 Å². The van der Waals surface area contributed by atoms with Crippen LogP contribution in [0, 0.1) is 11.6 Å². The minimum Gasteiger partial charge on any atom is -0.349 e. The molecule has 1 amide bonds. The molecule has 0 fully saturated rings. The van der Waals surface area contributed by atoms with E-state index in [1.807, 2.05) is 19.1 Å². The number of hydrogen-bond donors (Lipinski definition) is 1. The van der Waals surface area contributed by atoms with Crippen LogP contribution in [0.4, 0.5) is 8.78 Å². The third kappa shape index (κ3) is 4.71. The number of benzene rings is 2. The van der Waals surface area contributed by atoms with Crippen LogP contribution in [0.15, 0.2) is 47.4 Å². The number of hydrogen-bond acceptors (Lipinski definition) is 2. The Morgan fingerprint density at radius 1 is 1.18 bits per heavy atom. The van der Waals surface area contributed by atoms with Crippen LogP contribution in [0.25, 0.3) is 0 Å². The van der Waals surface area contributed by atoms with Crippen LogP contribution in [0.5, 0.6) is 0 Å². The number of thioether (sulfide) groups is 1. The third-order valence-corrected chi connectivity index (χ3v) is 4.25. The van der Waals surface area contributed by atoms with Crippen LogP contribution < -0.4 is 5.32 Å². The van der Waals surface area contributed by atoms with Crippen LogP contribution >= 0.6 is 23.4 Å². The van der Waals surface area contributed by atoms with Gasteiger partial charge in [0, 0.05) is 9.92 Å². The van der Waals surface area contributed by atoms with E-state index >= 15 is 0 Å². The first-order valence-corrected chi connectivity index (χ1v) is 7.95. The number of carbonyl (C=O) groups is 1. The molecule has 0 bridgehead atoms. The molecule has 0 heterocycles. The van der Waals surface area contributed by atoms with E-state index in [1.54, 1.807) is 12.1 Å². The SMILES string of the molecule is C[C@H](NC(=O)CSc1ccc(F)c(F)c1)c1ccc(Cl)cc1. The van der Waals surface area contributed by atoms with Gasteiger partial charge in [0.05, 0.1) is 11.8 Å². The monoisotopic (exact) mass is 341 g/mol. The second-order valence-electron chi connectivity index (χ2n) is 4.71. The van der Waals surface area contributed by atoms with Crippen molar-refractivity contribution in [2.75, 3.05) is 5.75 Å². The van der Waals surface area contributed by atoms with Gasteiger partial charge in [-0.25, -0.2) is 8.78 Å². The molecule has 1 atom stereocenters. The molecule has 2 aromatic carbocycles. The second-order valence-corrected chi connectivity index (χ2v) is 6.19. The van der Waals surface area contributed by atoms with E-state index in [2.05, 4.69) is 5.32 Å². The van der Waals surface area contributed by atoms with Crippen molar-refractivity contribution in [3.63, 3.8) is 0 Å². The number of nitrogens with one attached hydrogen (secondary N) is 1. The smallest absolute Gasteiger partial charge is 0.230 e. The van der Waals surface area contributed by atoms with Crippen molar-refractivity contribution in [1.29, 1.82) is 0 Å². The molecular formula is C16H14ClF2NOS. The molecule has 0 aliphatic rings. The predicted molar refractivity (Wildman–Crippen MR) is 85.1 cm³/mol. The molecule has 22 heavy (non-hydrogen) atoms. The van der Waals surface area contributed by atoms with Crippen molar-refractivity contribution in [2.45, 2.75) is 17.9 Å². The fraction of sp³-hybridized carbons (Fsp3) is 0.188. The Morgan fingerprint density at radius 2 is 1.86 bits per heavy atom. The van der Waals surface area contributed by atoms with E-state index < -0.39 is 11.6 Å². The molecule has 0 spiro atoms. The Labute approximate surface area is 136 Å². The van der Waals surface area contributed by atoms with Gasteiger partial charge in [-0.1, -0.05) is 23.7 Å². The van der Waals surface area contributed by atoms with Crippen LogP contribution in [-0.4, -0.2) is 11.7 Å². The van der Waals surface area contributed by atoms with Gasteiger partial charge < -0.3 is 5.32 Å². The molecule has 2 aromatic rings. The molecule has 6 heteroatoms. The van der Waals surface area contributed by atoms with E-state index in [-0.39, 0.29) is 17.7 Å². The van der Waals surface area contributed by atoms with Gasteiger partial charge in [-0.3, -0.25) is 4.79 Å². The number of halogens is 3. The van der Waals surface area contributed by atoms with Crippen LogP contribution in [-0.2, 0) is 4.79 Å². The maximum Gasteiger partial charge on any atom is 0.230 e. The van der Waals surface area contributed by atoms with Crippen LogP contribution in [0.1, 0.15) is 18.5 Å². The minimum atomic E-state index is -0.917. The summed E-state index contributed by atoms with van der Waals surface area (Å²) in [5, 5.41) is 3.48. The molecule has 0 radical (unpaired) electrons. The molecule has 0 saturated carbocycles. The summed E-state index contributed by atoms with van der Waals surface area (Å²) in [6, 6.07) is 10.6. The van der Waals surface area contributed by atoms with Crippen molar-refractivity contribution in [3.05, 3.63) is 64.7 Å². The Balaban J connectivity index is 1.87.